The van der Waals surface area contributed by atoms with E-state index in [-0.39, 0.29) is 12.5 Å². The lowest BCUT2D eigenvalue weighted by atomic mass is 10.0. The molecule has 2 atom stereocenters. The van der Waals surface area contributed by atoms with E-state index in [0.717, 1.165) is 24.1 Å². The van der Waals surface area contributed by atoms with Crippen LogP contribution in [0.4, 0.5) is 5.69 Å². The molecule has 3 amide bonds. The Morgan fingerprint density at radius 3 is 2.10 bits per heavy atom. The van der Waals surface area contributed by atoms with Gasteiger partial charge < -0.3 is 21.7 Å². The van der Waals surface area contributed by atoms with Gasteiger partial charge in [-0.3, -0.25) is 19.6 Å². The lowest BCUT2D eigenvalue weighted by Gasteiger charge is -2.20. The van der Waals surface area contributed by atoms with Crippen molar-refractivity contribution in [2.45, 2.75) is 32.4 Å². The van der Waals surface area contributed by atoms with Gasteiger partial charge in [0.15, 0.2) is 0 Å². The maximum atomic E-state index is 12.4. The number of hydrogen-bond donors (Lipinski definition) is 6. The molecule has 0 fully saturated rings. The van der Waals surface area contributed by atoms with Crippen molar-refractivity contribution in [1.29, 1.82) is 0 Å². The van der Waals surface area contributed by atoms with Gasteiger partial charge in [-0.25, -0.2) is 5.48 Å². The first kappa shape index (κ1) is 24.0. The van der Waals surface area contributed by atoms with E-state index < -0.39 is 23.9 Å². The number of benzene rings is 2. The minimum absolute atomic E-state index is 0.100. The Balaban J connectivity index is 2.00. The van der Waals surface area contributed by atoms with Crippen LogP contribution in [0.5, 0.6) is 0 Å². The van der Waals surface area contributed by atoms with Gasteiger partial charge in [0.1, 0.15) is 6.04 Å². The molecule has 0 bridgehead atoms. The molecule has 2 rings (SSSR count). The van der Waals surface area contributed by atoms with Crippen molar-refractivity contribution in [2.75, 3.05) is 18.4 Å². The SMILES string of the molecule is CCCNCC(=O)Nc1ccc(-c2ccc(C(=O)N[C@H](C(=O)NO)[C@@H](C)N)cc2)cc1. The molecule has 0 spiro atoms. The van der Waals surface area contributed by atoms with Gasteiger partial charge in [0, 0.05) is 17.3 Å². The highest BCUT2D eigenvalue weighted by Gasteiger charge is 2.24. The molecule has 31 heavy (non-hydrogen) atoms. The predicted octanol–water partition coefficient (Wildman–Crippen LogP) is 1.24. The van der Waals surface area contributed by atoms with Crippen molar-refractivity contribution in [2.24, 2.45) is 5.73 Å². The van der Waals surface area contributed by atoms with Gasteiger partial charge in [0.25, 0.3) is 11.8 Å². The van der Waals surface area contributed by atoms with E-state index >= 15 is 0 Å². The molecule has 0 saturated carbocycles. The highest BCUT2D eigenvalue weighted by atomic mass is 16.5. The monoisotopic (exact) mass is 427 g/mol. The maximum absolute atomic E-state index is 12.4. The first-order valence-electron chi connectivity index (χ1n) is 10.1. The zero-order chi connectivity index (χ0) is 22.8. The molecule has 0 aliphatic carbocycles. The predicted molar refractivity (Wildman–Crippen MR) is 119 cm³/mol. The van der Waals surface area contributed by atoms with Gasteiger partial charge in [0.2, 0.25) is 5.91 Å². The third kappa shape index (κ3) is 7.18. The van der Waals surface area contributed by atoms with Crippen molar-refractivity contribution in [3.63, 3.8) is 0 Å². The molecule has 9 nitrogen and oxygen atoms in total. The Morgan fingerprint density at radius 2 is 1.58 bits per heavy atom. The van der Waals surface area contributed by atoms with Crippen LogP contribution in [0.3, 0.4) is 0 Å². The van der Waals surface area contributed by atoms with E-state index in [0.29, 0.717) is 11.3 Å². The summed E-state index contributed by atoms with van der Waals surface area (Å²) < 4.78 is 0. The lowest BCUT2D eigenvalue weighted by Crippen LogP contribution is -2.54. The van der Waals surface area contributed by atoms with Crippen molar-refractivity contribution in [3.8, 4) is 11.1 Å². The maximum Gasteiger partial charge on any atom is 0.267 e. The Labute approximate surface area is 181 Å². The van der Waals surface area contributed by atoms with Crippen LogP contribution in [0.1, 0.15) is 30.6 Å². The number of rotatable bonds is 10. The van der Waals surface area contributed by atoms with Gasteiger partial charge >= 0.3 is 0 Å². The summed E-state index contributed by atoms with van der Waals surface area (Å²) in [5, 5.41) is 17.2. The third-order valence-corrected chi connectivity index (χ3v) is 4.57. The van der Waals surface area contributed by atoms with Crippen LogP contribution in [-0.4, -0.2) is 48.1 Å². The van der Waals surface area contributed by atoms with Crippen molar-refractivity contribution in [3.05, 3.63) is 54.1 Å². The number of hydroxylamine groups is 1. The van der Waals surface area contributed by atoms with Crippen molar-refractivity contribution < 1.29 is 19.6 Å². The van der Waals surface area contributed by atoms with Crippen LogP contribution in [0, 0.1) is 0 Å². The summed E-state index contributed by atoms with van der Waals surface area (Å²) in [5.74, 6) is -1.36. The van der Waals surface area contributed by atoms with E-state index in [1.165, 1.54) is 5.48 Å². The number of carbonyl (C=O) groups is 3. The molecule has 0 aliphatic heterocycles. The van der Waals surface area contributed by atoms with E-state index in [9.17, 15) is 14.4 Å². The smallest absolute Gasteiger partial charge is 0.267 e. The Kier molecular flexibility index (Phi) is 9.13. The molecule has 0 aromatic heterocycles. The summed E-state index contributed by atoms with van der Waals surface area (Å²) in [6.07, 6.45) is 0.965. The standard InChI is InChI=1S/C22H29N5O4/c1-3-12-24-13-19(28)25-18-10-8-16(9-11-18)15-4-6-17(7-5-15)21(29)26-20(14(2)23)22(30)27-31/h4-11,14,20,24,31H,3,12-13,23H2,1-2H3,(H,25,28)(H,26,29)(H,27,30)/t14-,20+/m1/s1. The van der Waals surface area contributed by atoms with E-state index in [4.69, 9.17) is 10.9 Å². The molecular weight excluding hydrogens is 398 g/mol. The molecule has 2 aromatic rings. The normalized spacial score (nSPS) is 12.5. The molecule has 0 aliphatic rings. The van der Waals surface area contributed by atoms with E-state index in [2.05, 4.69) is 16.0 Å². The number of carbonyl (C=O) groups excluding carboxylic acids is 3. The summed E-state index contributed by atoms with van der Waals surface area (Å²) in [6, 6.07) is 12.5. The summed E-state index contributed by atoms with van der Waals surface area (Å²) in [7, 11) is 0. The second-order valence-electron chi connectivity index (χ2n) is 7.17. The molecule has 0 saturated heterocycles. The molecule has 0 heterocycles. The molecule has 7 N–H and O–H groups in total. The summed E-state index contributed by atoms with van der Waals surface area (Å²) in [6.45, 7) is 4.65. The second-order valence-corrected chi connectivity index (χ2v) is 7.17. The number of anilines is 1. The van der Waals surface area contributed by atoms with Crippen LogP contribution < -0.4 is 27.2 Å². The first-order chi connectivity index (χ1) is 14.8. The highest BCUT2D eigenvalue weighted by Crippen LogP contribution is 2.22. The topological polar surface area (TPSA) is 146 Å². The number of nitrogens with one attached hydrogen (secondary N) is 4. The lowest BCUT2D eigenvalue weighted by molar-refractivity contribution is -0.131. The minimum atomic E-state index is -1.06. The second kappa shape index (κ2) is 11.8. The number of hydrogen-bond acceptors (Lipinski definition) is 6. The van der Waals surface area contributed by atoms with Gasteiger partial charge in [-0.15, -0.1) is 0 Å². The van der Waals surface area contributed by atoms with Gasteiger partial charge in [-0.05, 0) is 55.3 Å². The largest absolute Gasteiger partial charge is 0.339 e. The van der Waals surface area contributed by atoms with Gasteiger partial charge in [-0.2, -0.15) is 0 Å². The van der Waals surface area contributed by atoms with Crippen LogP contribution in [0.15, 0.2) is 48.5 Å². The molecule has 0 unspecified atom stereocenters. The average molecular weight is 428 g/mol. The quantitative estimate of drug-likeness (QED) is 0.191. The zero-order valence-electron chi connectivity index (χ0n) is 17.6. The fourth-order valence-corrected chi connectivity index (χ4v) is 2.87. The van der Waals surface area contributed by atoms with Gasteiger partial charge in [-0.1, -0.05) is 31.2 Å². The fraction of sp³-hybridized carbons (Fsp3) is 0.318. The highest BCUT2D eigenvalue weighted by molar-refractivity contribution is 5.98. The first-order valence-corrected chi connectivity index (χ1v) is 10.1. The van der Waals surface area contributed by atoms with E-state index in [1.807, 2.05) is 31.2 Å². The molecule has 166 valence electrons. The van der Waals surface area contributed by atoms with Crippen LogP contribution in [0.25, 0.3) is 11.1 Å². The summed E-state index contributed by atoms with van der Waals surface area (Å²) >= 11 is 0. The third-order valence-electron chi connectivity index (χ3n) is 4.57. The minimum Gasteiger partial charge on any atom is -0.339 e. The van der Waals surface area contributed by atoms with Gasteiger partial charge in [0.05, 0.1) is 6.54 Å². The van der Waals surface area contributed by atoms with Crippen LogP contribution in [-0.2, 0) is 9.59 Å². The number of nitrogens with two attached hydrogens (primary N) is 1. The summed E-state index contributed by atoms with van der Waals surface area (Å²) in [5.41, 5.74) is 10.1. The van der Waals surface area contributed by atoms with Crippen LogP contribution in [0.2, 0.25) is 0 Å². The molecule has 0 radical (unpaired) electrons. The average Bonchev–Trinajstić information content (AvgIpc) is 2.77. The summed E-state index contributed by atoms with van der Waals surface area (Å²) in [4.78, 5) is 35.9. The number of amides is 3. The van der Waals surface area contributed by atoms with Crippen molar-refractivity contribution >= 4 is 23.4 Å². The molecule has 2 aromatic carbocycles. The Bertz CT molecular complexity index is 882. The molecular formula is C22H29N5O4. The zero-order valence-corrected chi connectivity index (χ0v) is 17.6. The van der Waals surface area contributed by atoms with Crippen LogP contribution >= 0.6 is 0 Å². The fourth-order valence-electron chi connectivity index (χ4n) is 2.87. The van der Waals surface area contributed by atoms with Crippen molar-refractivity contribution in [1.82, 2.24) is 16.1 Å². The van der Waals surface area contributed by atoms with E-state index in [1.54, 1.807) is 31.2 Å². The molecule has 9 heteroatoms. The Morgan fingerprint density at radius 1 is 1.00 bits per heavy atom. The Hall–Kier alpha value is -3.27.